The Kier molecular flexibility index (Phi) is 2.75. The Morgan fingerprint density at radius 1 is 1.54 bits per heavy atom. The molecular formula is C8H15N3O2. The highest BCUT2D eigenvalue weighted by molar-refractivity contribution is 4.93. The first-order valence-corrected chi connectivity index (χ1v) is 4.35. The van der Waals surface area contributed by atoms with Gasteiger partial charge < -0.3 is 4.74 Å². The van der Waals surface area contributed by atoms with Gasteiger partial charge in [-0.3, -0.25) is 0 Å². The summed E-state index contributed by atoms with van der Waals surface area (Å²) < 4.78 is 7.90. The van der Waals surface area contributed by atoms with Gasteiger partial charge in [0.2, 0.25) is 0 Å². The van der Waals surface area contributed by atoms with Crippen LogP contribution in [0.3, 0.4) is 0 Å². The summed E-state index contributed by atoms with van der Waals surface area (Å²) >= 11 is 0. The first-order chi connectivity index (χ1) is 6.11. The van der Waals surface area contributed by atoms with Crippen LogP contribution in [-0.2, 0) is 6.54 Å². The molecule has 0 radical (unpaired) electrons. The number of hydrogen-bond donors (Lipinski definition) is 0. The molecule has 0 spiro atoms. The van der Waals surface area contributed by atoms with E-state index in [1.807, 2.05) is 20.8 Å². The second kappa shape index (κ2) is 3.64. The smallest absolute Gasteiger partial charge is 0.348 e. The Morgan fingerprint density at radius 2 is 2.15 bits per heavy atom. The monoisotopic (exact) mass is 185 g/mol. The van der Waals surface area contributed by atoms with Gasteiger partial charge in [-0.2, -0.15) is 0 Å². The molecule has 1 aromatic rings. The molecule has 13 heavy (non-hydrogen) atoms. The van der Waals surface area contributed by atoms with Gasteiger partial charge in [0.25, 0.3) is 0 Å². The van der Waals surface area contributed by atoms with E-state index in [1.54, 1.807) is 0 Å². The maximum absolute atomic E-state index is 11.6. The van der Waals surface area contributed by atoms with Crippen molar-refractivity contribution in [3.63, 3.8) is 0 Å². The van der Waals surface area contributed by atoms with Crippen molar-refractivity contribution in [3.8, 4) is 6.01 Å². The van der Waals surface area contributed by atoms with E-state index in [9.17, 15) is 4.79 Å². The summed E-state index contributed by atoms with van der Waals surface area (Å²) in [7, 11) is 1.51. The van der Waals surface area contributed by atoms with Gasteiger partial charge in [-0.05, 0) is 20.8 Å². The molecule has 5 heteroatoms. The van der Waals surface area contributed by atoms with Crippen LogP contribution in [-0.4, -0.2) is 21.5 Å². The van der Waals surface area contributed by atoms with Crippen molar-refractivity contribution < 1.29 is 4.74 Å². The lowest BCUT2D eigenvalue weighted by molar-refractivity contribution is 0.352. The summed E-state index contributed by atoms with van der Waals surface area (Å²) in [6, 6.07) is 0.440. The van der Waals surface area contributed by atoms with Gasteiger partial charge in [-0.25, -0.2) is 14.0 Å². The molecule has 0 bridgehead atoms. The van der Waals surface area contributed by atoms with E-state index in [1.165, 1.54) is 16.4 Å². The predicted molar refractivity (Wildman–Crippen MR) is 49.1 cm³/mol. The summed E-state index contributed by atoms with van der Waals surface area (Å²) in [5.41, 5.74) is -0.116. The van der Waals surface area contributed by atoms with Crippen LogP contribution in [0.2, 0.25) is 0 Å². The van der Waals surface area contributed by atoms with Gasteiger partial charge >= 0.3 is 11.7 Å². The number of nitrogens with zero attached hydrogens (tertiary/aromatic N) is 3. The molecule has 1 heterocycles. The van der Waals surface area contributed by atoms with Crippen molar-refractivity contribution in [2.75, 3.05) is 7.11 Å². The van der Waals surface area contributed by atoms with Crippen LogP contribution in [0, 0.1) is 0 Å². The summed E-state index contributed by atoms with van der Waals surface area (Å²) in [4.78, 5) is 11.6. The lowest BCUT2D eigenvalue weighted by Gasteiger charge is -2.00. The van der Waals surface area contributed by atoms with Gasteiger partial charge in [-0.15, -0.1) is 5.10 Å². The SMILES string of the molecule is CCn1c(OC)nn(C(C)C)c1=O. The molecular weight excluding hydrogens is 170 g/mol. The van der Waals surface area contributed by atoms with E-state index in [0.29, 0.717) is 12.6 Å². The van der Waals surface area contributed by atoms with E-state index in [0.717, 1.165) is 0 Å². The van der Waals surface area contributed by atoms with Crippen LogP contribution >= 0.6 is 0 Å². The Hall–Kier alpha value is -1.26. The van der Waals surface area contributed by atoms with E-state index < -0.39 is 0 Å². The predicted octanol–water partition coefficient (Wildman–Crippen LogP) is 0.654. The van der Waals surface area contributed by atoms with E-state index >= 15 is 0 Å². The fraction of sp³-hybridized carbons (Fsp3) is 0.750. The molecule has 0 atom stereocenters. The van der Waals surface area contributed by atoms with Crippen molar-refractivity contribution in [1.82, 2.24) is 14.3 Å². The van der Waals surface area contributed by atoms with Crippen LogP contribution in [0.4, 0.5) is 0 Å². The molecule has 0 N–H and O–H groups in total. The largest absolute Gasteiger partial charge is 0.467 e. The summed E-state index contributed by atoms with van der Waals surface area (Å²) in [5.74, 6) is 0. The Balaban J connectivity index is 3.27. The maximum atomic E-state index is 11.6. The topological polar surface area (TPSA) is 49.0 Å². The summed E-state index contributed by atoms with van der Waals surface area (Å²) in [6.07, 6.45) is 0. The third-order valence-electron chi connectivity index (χ3n) is 1.84. The molecule has 0 saturated carbocycles. The average Bonchev–Trinajstić information content (AvgIpc) is 2.41. The molecule has 1 aromatic heterocycles. The average molecular weight is 185 g/mol. The highest BCUT2D eigenvalue weighted by atomic mass is 16.5. The Bertz CT molecular complexity index is 338. The number of ether oxygens (including phenoxy) is 1. The minimum absolute atomic E-state index is 0.0641. The van der Waals surface area contributed by atoms with Crippen molar-refractivity contribution in [2.24, 2.45) is 0 Å². The van der Waals surface area contributed by atoms with Crippen LogP contribution in [0.15, 0.2) is 4.79 Å². The quantitative estimate of drug-likeness (QED) is 0.694. The van der Waals surface area contributed by atoms with Crippen LogP contribution in [0.25, 0.3) is 0 Å². The van der Waals surface area contributed by atoms with Gasteiger partial charge in [-0.1, -0.05) is 0 Å². The van der Waals surface area contributed by atoms with Gasteiger partial charge in [0.1, 0.15) is 0 Å². The molecule has 0 fully saturated rings. The molecule has 5 nitrogen and oxygen atoms in total. The van der Waals surface area contributed by atoms with Crippen molar-refractivity contribution in [2.45, 2.75) is 33.4 Å². The van der Waals surface area contributed by atoms with Crippen LogP contribution in [0.5, 0.6) is 6.01 Å². The first-order valence-electron chi connectivity index (χ1n) is 4.35. The Labute approximate surface area is 76.9 Å². The number of hydrogen-bond acceptors (Lipinski definition) is 3. The van der Waals surface area contributed by atoms with Gasteiger partial charge in [0.15, 0.2) is 0 Å². The van der Waals surface area contributed by atoms with Crippen molar-refractivity contribution >= 4 is 0 Å². The minimum Gasteiger partial charge on any atom is -0.467 e. The molecule has 0 aromatic carbocycles. The second-order valence-corrected chi connectivity index (χ2v) is 3.05. The minimum atomic E-state index is -0.116. The highest BCUT2D eigenvalue weighted by Crippen LogP contribution is 2.05. The van der Waals surface area contributed by atoms with E-state index in [-0.39, 0.29) is 11.7 Å². The fourth-order valence-electron chi connectivity index (χ4n) is 1.15. The zero-order valence-electron chi connectivity index (χ0n) is 8.44. The van der Waals surface area contributed by atoms with E-state index in [2.05, 4.69) is 5.10 Å². The van der Waals surface area contributed by atoms with E-state index in [4.69, 9.17) is 4.74 Å². The molecule has 0 amide bonds. The number of methoxy groups -OCH3 is 1. The standard InChI is InChI=1S/C8H15N3O2/c1-5-10-7(13-4)9-11(6(2)3)8(10)12/h6H,5H2,1-4H3. The van der Waals surface area contributed by atoms with Crippen molar-refractivity contribution in [1.29, 1.82) is 0 Å². The third-order valence-corrected chi connectivity index (χ3v) is 1.84. The normalized spacial score (nSPS) is 10.8. The number of aromatic nitrogens is 3. The van der Waals surface area contributed by atoms with Gasteiger partial charge in [0, 0.05) is 6.54 Å². The molecule has 0 aliphatic rings. The van der Waals surface area contributed by atoms with Crippen molar-refractivity contribution in [3.05, 3.63) is 10.5 Å². The van der Waals surface area contributed by atoms with Crippen LogP contribution in [0.1, 0.15) is 26.8 Å². The molecule has 0 aliphatic heterocycles. The molecule has 0 saturated heterocycles. The highest BCUT2D eigenvalue weighted by Gasteiger charge is 2.13. The molecule has 0 aliphatic carbocycles. The molecule has 1 rings (SSSR count). The second-order valence-electron chi connectivity index (χ2n) is 3.05. The zero-order chi connectivity index (χ0) is 10.0. The lowest BCUT2D eigenvalue weighted by atomic mass is 10.4. The summed E-state index contributed by atoms with van der Waals surface area (Å²) in [5, 5.41) is 4.04. The fourth-order valence-corrected chi connectivity index (χ4v) is 1.15. The molecule has 0 unspecified atom stereocenters. The van der Waals surface area contributed by atoms with Gasteiger partial charge in [0.05, 0.1) is 13.2 Å². The Morgan fingerprint density at radius 3 is 2.46 bits per heavy atom. The number of rotatable bonds is 3. The first kappa shape index (κ1) is 9.83. The third kappa shape index (κ3) is 1.59. The maximum Gasteiger partial charge on any atom is 0.348 e. The summed E-state index contributed by atoms with van der Waals surface area (Å²) in [6.45, 7) is 6.28. The van der Waals surface area contributed by atoms with Crippen LogP contribution < -0.4 is 10.4 Å². The lowest BCUT2D eigenvalue weighted by Crippen LogP contribution is -2.25. The molecule has 74 valence electrons. The zero-order valence-corrected chi connectivity index (χ0v) is 8.44.